The van der Waals surface area contributed by atoms with Crippen LogP contribution >= 0.6 is 0 Å². The van der Waals surface area contributed by atoms with Crippen LogP contribution in [-0.2, 0) is 0 Å². The number of rotatable bonds is 4. The van der Waals surface area contributed by atoms with Gasteiger partial charge in [0.05, 0.1) is 12.6 Å². The fraction of sp³-hybridized carbons (Fsp3) is 0.467. The fourth-order valence-electron chi connectivity index (χ4n) is 2.56. The van der Waals surface area contributed by atoms with Crippen molar-refractivity contribution in [3.63, 3.8) is 0 Å². The maximum absolute atomic E-state index is 13.7. The molecule has 1 atom stereocenters. The smallest absolute Gasteiger partial charge is 0.407 e. The highest BCUT2D eigenvalue weighted by molar-refractivity contribution is 5.68. The summed E-state index contributed by atoms with van der Waals surface area (Å²) < 4.78 is 19.0. The maximum atomic E-state index is 13.7. The molecule has 0 bridgehead atoms. The Morgan fingerprint density at radius 2 is 2.04 bits per heavy atom. The van der Waals surface area contributed by atoms with Crippen molar-refractivity contribution >= 4 is 12.2 Å². The number of hydrogen-bond acceptors (Lipinski definition) is 3. The van der Waals surface area contributed by atoms with Crippen LogP contribution in [0.2, 0.25) is 0 Å². The van der Waals surface area contributed by atoms with E-state index in [2.05, 4.69) is 0 Å². The van der Waals surface area contributed by atoms with Crippen molar-refractivity contribution in [3.8, 4) is 5.75 Å². The first kappa shape index (κ1) is 16.9. The third kappa shape index (κ3) is 4.24. The van der Waals surface area contributed by atoms with Crippen LogP contribution in [0.1, 0.15) is 12.0 Å². The van der Waals surface area contributed by atoms with Gasteiger partial charge in [0.25, 0.3) is 0 Å². The first-order chi connectivity index (χ1) is 10.9. The van der Waals surface area contributed by atoms with Gasteiger partial charge in [-0.15, -0.1) is 0 Å². The second kappa shape index (κ2) is 7.17. The topological polar surface area (TPSA) is 90.3 Å². The van der Waals surface area contributed by atoms with Crippen molar-refractivity contribution in [1.29, 1.82) is 0 Å². The Labute approximate surface area is 132 Å². The zero-order chi connectivity index (χ0) is 17.0. The van der Waals surface area contributed by atoms with E-state index in [9.17, 15) is 19.1 Å². The van der Waals surface area contributed by atoms with Gasteiger partial charge in [0.1, 0.15) is 0 Å². The molecule has 126 valence electrons. The molecule has 7 nitrogen and oxygen atoms in total. The average molecular weight is 326 g/mol. The van der Waals surface area contributed by atoms with E-state index in [-0.39, 0.29) is 38.4 Å². The summed E-state index contributed by atoms with van der Waals surface area (Å²) in [7, 11) is 0. The molecule has 2 N–H and O–H groups in total. The van der Waals surface area contributed by atoms with Crippen LogP contribution in [0.15, 0.2) is 18.2 Å². The van der Waals surface area contributed by atoms with E-state index in [1.165, 1.54) is 21.9 Å². The minimum absolute atomic E-state index is 0.0847. The summed E-state index contributed by atoms with van der Waals surface area (Å²) in [5, 5.41) is 18.2. The van der Waals surface area contributed by atoms with E-state index >= 15 is 0 Å². The predicted octanol–water partition coefficient (Wildman–Crippen LogP) is 2.25. The lowest BCUT2D eigenvalue weighted by Crippen LogP contribution is -2.56. The fourth-order valence-corrected chi connectivity index (χ4v) is 2.56. The maximum Gasteiger partial charge on any atom is 0.407 e. The SMILES string of the molecule is Cc1ccc(OCC[C@@H]2CN(C(=O)O)CCN2C(=O)O)c(F)c1. The lowest BCUT2D eigenvalue weighted by molar-refractivity contribution is 0.0560. The number of ether oxygens (including phenoxy) is 1. The highest BCUT2D eigenvalue weighted by Gasteiger charge is 2.32. The molecule has 1 fully saturated rings. The Kier molecular flexibility index (Phi) is 5.25. The lowest BCUT2D eigenvalue weighted by atomic mass is 10.1. The molecule has 0 spiro atoms. The van der Waals surface area contributed by atoms with Gasteiger partial charge in [-0.2, -0.15) is 0 Å². The van der Waals surface area contributed by atoms with Crippen molar-refractivity contribution in [2.24, 2.45) is 0 Å². The first-order valence-electron chi connectivity index (χ1n) is 7.25. The molecule has 0 aliphatic carbocycles. The molecule has 0 unspecified atom stereocenters. The molecule has 1 aliphatic rings. The summed E-state index contributed by atoms with van der Waals surface area (Å²) in [4.78, 5) is 24.6. The second-order valence-corrected chi connectivity index (χ2v) is 5.43. The molecule has 23 heavy (non-hydrogen) atoms. The number of halogens is 1. The minimum atomic E-state index is -1.10. The Bertz CT molecular complexity index is 595. The van der Waals surface area contributed by atoms with E-state index < -0.39 is 24.0 Å². The Morgan fingerprint density at radius 1 is 1.30 bits per heavy atom. The van der Waals surface area contributed by atoms with E-state index in [1.807, 2.05) is 0 Å². The van der Waals surface area contributed by atoms with Gasteiger partial charge in [-0.3, -0.25) is 0 Å². The molecular formula is C15H19FN2O5. The molecule has 2 amide bonds. The van der Waals surface area contributed by atoms with Gasteiger partial charge >= 0.3 is 12.2 Å². The molecule has 1 saturated heterocycles. The first-order valence-corrected chi connectivity index (χ1v) is 7.25. The zero-order valence-electron chi connectivity index (χ0n) is 12.7. The monoisotopic (exact) mass is 326 g/mol. The van der Waals surface area contributed by atoms with Crippen LogP contribution in [0, 0.1) is 12.7 Å². The van der Waals surface area contributed by atoms with Crippen molar-refractivity contribution in [1.82, 2.24) is 9.80 Å². The summed E-state index contributed by atoms with van der Waals surface area (Å²) in [5.41, 5.74) is 0.774. The van der Waals surface area contributed by atoms with Crippen LogP contribution in [0.4, 0.5) is 14.0 Å². The predicted molar refractivity (Wildman–Crippen MR) is 79.4 cm³/mol. The number of hydrogen-bond donors (Lipinski definition) is 2. The number of piperazine rings is 1. The van der Waals surface area contributed by atoms with E-state index in [4.69, 9.17) is 9.84 Å². The molecule has 1 aromatic rings. The third-order valence-electron chi connectivity index (χ3n) is 3.79. The number of aryl methyl sites for hydroxylation is 1. The van der Waals surface area contributed by atoms with E-state index in [1.54, 1.807) is 13.0 Å². The largest absolute Gasteiger partial charge is 0.490 e. The van der Waals surface area contributed by atoms with Gasteiger partial charge in [0, 0.05) is 26.1 Å². The molecule has 0 aromatic heterocycles. The van der Waals surface area contributed by atoms with Crippen molar-refractivity contribution in [2.75, 3.05) is 26.2 Å². The summed E-state index contributed by atoms with van der Waals surface area (Å²) in [6.07, 6.45) is -1.89. The van der Waals surface area contributed by atoms with E-state index in [0.717, 1.165) is 5.56 Å². The van der Waals surface area contributed by atoms with Gasteiger partial charge in [-0.05, 0) is 24.6 Å². The zero-order valence-corrected chi connectivity index (χ0v) is 12.7. The number of nitrogens with zero attached hydrogens (tertiary/aromatic N) is 2. The molecule has 1 heterocycles. The third-order valence-corrected chi connectivity index (χ3v) is 3.79. The summed E-state index contributed by atoms with van der Waals surface area (Å²) in [6.45, 7) is 2.21. The Balaban J connectivity index is 1.95. The number of carbonyl (C=O) groups is 2. The summed E-state index contributed by atoms with van der Waals surface area (Å²) >= 11 is 0. The average Bonchev–Trinajstić information content (AvgIpc) is 2.49. The number of amides is 2. The highest BCUT2D eigenvalue weighted by Crippen LogP contribution is 2.19. The number of carboxylic acid groups (broad SMARTS) is 2. The van der Waals surface area contributed by atoms with Crippen molar-refractivity contribution in [2.45, 2.75) is 19.4 Å². The molecule has 0 saturated carbocycles. The van der Waals surface area contributed by atoms with Crippen LogP contribution in [0.3, 0.4) is 0 Å². The summed E-state index contributed by atoms with van der Waals surface area (Å²) in [6, 6.07) is 4.08. The van der Waals surface area contributed by atoms with Gasteiger partial charge < -0.3 is 24.7 Å². The Hall–Kier alpha value is -2.51. The minimum Gasteiger partial charge on any atom is -0.490 e. The summed E-state index contributed by atoms with van der Waals surface area (Å²) in [5.74, 6) is -0.376. The molecule has 1 aliphatic heterocycles. The molecule has 0 radical (unpaired) electrons. The van der Waals surface area contributed by atoms with Crippen LogP contribution in [0.25, 0.3) is 0 Å². The molecular weight excluding hydrogens is 307 g/mol. The lowest BCUT2D eigenvalue weighted by Gasteiger charge is -2.38. The van der Waals surface area contributed by atoms with E-state index in [0.29, 0.717) is 0 Å². The van der Waals surface area contributed by atoms with Gasteiger partial charge in [-0.1, -0.05) is 6.07 Å². The highest BCUT2D eigenvalue weighted by atomic mass is 19.1. The Morgan fingerprint density at radius 3 is 2.65 bits per heavy atom. The standard InChI is InChI=1S/C15H19FN2O5/c1-10-2-3-13(12(16)8-10)23-7-4-11-9-17(14(19)20)5-6-18(11)15(21)22/h2-3,8,11H,4-7,9H2,1H3,(H,19,20)(H,21,22)/t11-/m1/s1. The molecule has 8 heteroatoms. The second-order valence-electron chi connectivity index (χ2n) is 5.43. The van der Waals surface area contributed by atoms with Crippen molar-refractivity contribution in [3.05, 3.63) is 29.6 Å². The van der Waals surface area contributed by atoms with Crippen LogP contribution in [-0.4, -0.2) is 64.5 Å². The van der Waals surface area contributed by atoms with Crippen LogP contribution < -0.4 is 4.74 Å². The number of benzene rings is 1. The normalized spacial score (nSPS) is 17.9. The molecule has 2 rings (SSSR count). The van der Waals surface area contributed by atoms with Gasteiger partial charge in [0.15, 0.2) is 11.6 Å². The van der Waals surface area contributed by atoms with Crippen LogP contribution in [0.5, 0.6) is 5.75 Å². The van der Waals surface area contributed by atoms with Gasteiger partial charge in [-0.25, -0.2) is 14.0 Å². The van der Waals surface area contributed by atoms with Gasteiger partial charge in [0.2, 0.25) is 0 Å². The quantitative estimate of drug-likeness (QED) is 0.885. The molecule has 1 aromatic carbocycles. The van der Waals surface area contributed by atoms with Crippen molar-refractivity contribution < 1.29 is 28.9 Å².